The van der Waals surface area contributed by atoms with E-state index in [0.717, 1.165) is 30.3 Å². The molecule has 0 spiro atoms. The van der Waals surface area contributed by atoms with Gasteiger partial charge in [0.25, 0.3) is 5.91 Å². The van der Waals surface area contributed by atoms with Crippen LogP contribution in [-0.4, -0.2) is 5.91 Å². The monoisotopic (exact) mass is 347 g/mol. The molecule has 0 unspecified atom stereocenters. The highest BCUT2D eigenvalue weighted by molar-refractivity contribution is 9.10. The van der Waals surface area contributed by atoms with Crippen LogP contribution < -0.4 is 5.32 Å². The zero-order valence-corrected chi connectivity index (χ0v) is 11.3. The van der Waals surface area contributed by atoms with Gasteiger partial charge in [-0.25, -0.2) is 17.6 Å². The number of hydrogen-bond donors (Lipinski definition) is 1. The lowest BCUT2D eigenvalue weighted by Gasteiger charge is -2.08. The summed E-state index contributed by atoms with van der Waals surface area (Å²) in [4.78, 5) is 11.7. The molecule has 7 heteroatoms. The standard InChI is InChI=1S/C13H6BrF4NO/c14-6-4-8(16)11(9(17)5-6)13(20)19-10-3-1-2-7(15)12(10)18/h1-5H,(H,19,20). The number of benzene rings is 2. The molecule has 0 bridgehead atoms. The van der Waals surface area contributed by atoms with Crippen molar-refractivity contribution in [2.24, 2.45) is 0 Å². The molecule has 0 aromatic heterocycles. The summed E-state index contributed by atoms with van der Waals surface area (Å²) in [5, 5.41) is 1.92. The first-order valence-electron chi connectivity index (χ1n) is 5.30. The average Bonchev–Trinajstić information content (AvgIpc) is 2.33. The molecule has 0 atom stereocenters. The second-order valence-corrected chi connectivity index (χ2v) is 4.72. The number of nitrogens with one attached hydrogen (secondary N) is 1. The Labute approximate surface area is 119 Å². The molecule has 2 rings (SSSR count). The third-order valence-electron chi connectivity index (χ3n) is 2.43. The Balaban J connectivity index is 2.36. The summed E-state index contributed by atoms with van der Waals surface area (Å²) >= 11 is 2.86. The summed E-state index contributed by atoms with van der Waals surface area (Å²) in [6.07, 6.45) is 0. The predicted octanol–water partition coefficient (Wildman–Crippen LogP) is 4.26. The Morgan fingerprint density at radius 2 is 1.60 bits per heavy atom. The van der Waals surface area contributed by atoms with Gasteiger partial charge in [0.2, 0.25) is 0 Å². The van der Waals surface area contributed by atoms with Crippen molar-refractivity contribution in [1.29, 1.82) is 0 Å². The smallest absolute Gasteiger partial charge is 0.261 e. The normalized spacial score (nSPS) is 10.4. The van der Waals surface area contributed by atoms with Gasteiger partial charge >= 0.3 is 0 Å². The van der Waals surface area contributed by atoms with E-state index in [2.05, 4.69) is 15.9 Å². The summed E-state index contributed by atoms with van der Waals surface area (Å²) < 4.78 is 53.5. The van der Waals surface area contributed by atoms with Crippen molar-refractivity contribution >= 4 is 27.5 Å². The maximum Gasteiger partial charge on any atom is 0.261 e. The van der Waals surface area contributed by atoms with Crippen LogP contribution in [0.15, 0.2) is 34.8 Å². The maximum atomic E-state index is 13.5. The minimum Gasteiger partial charge on any atom is -0.319 e. The molecule has 20 heavy (non-hydrogen) atoms. The van der Waals surface area contributed by atoms with Crippen molar-refractivity contribution in [2.45, 2.75) is 0 Å². The molecular weight excluding hydrogens is 342 g/mol. The lowest BCUT2D eigenvalue weighted by Crippen LogP contribution is -2.17. The molecule has 0 saturated carbocycles. The first-order chi connectivity index (χ1) is 9.40. The molecule has 0 heterocycles. The molecule has 2 aromatic carbocycles. The fraction of sp³-hybridized carbons (Fsp3) is 0. The van der Waals surface area contributed by atoms with E-state index in [1.807, 2.05) is 5.32 Å². The van der Waals surface area contributed by atoms with Gasteiger partial charge in [-0.1, -0.05) is 22.0 Å². The second kappa shape index (κ2) is 5.62. The minimum absolute atomic E-state index is 0.112. The minimum atomic E-state index is -1.31. The third-order valence-corrected chi connectivity index (χ3v) is 2.89. The van der Waals surface area contributed by atoms with Crippen LogP contribution in [0.3, 0.4) is 0 Å². The highest BCUT2D eigenvalue weighted by Crippen LogP contribution is 2.22. The van der Waals surface area contributed by atoms with E-state index in [0.29, 0.717) is 0 Å². The molecule has 1 amide bonds. The van der Waals surface area contributed by atoms with Crippen LogP contribution in [0.25, 0.3) is 0 Å². The highest BCUT2D eigenvalue weighted by Gasteiger charge is 2.20. The van der Waals surface area contributed by atoms with E-state index in [9.17, 15) is 22.4 Å². The molecule has 1 N–H and O–H groups in total. The number of anilines is 1. The second-order valence-electron chi connectivity index (χ2n) is 3.80. The molecule has 0 aliphatic heterocycles. The lowest BCUT2D eigenvalue weighted by atomic mass is 10.1. The van der Waals surface area contributed by atoms with Crippen LogP contribution in [0.4, 0.5) is 23.2 Å². The molecule has 0 saturated heterocycles. The quantitative estimate of drug-likeness (QED) is 0.808. The summed E-state index contributed by atoms with van der Waals surface area (Å²) in [6.45, 7) is 0. The van der Waals surface area contributed by atoms with E-state index in [1.54, 1.807) is 0 Å². The van der Waals surface area contributed by atoms with E-state index < -0.39 is 40.4 Å². The molecule has 2 aromatic rings. The maximum absolute atomic E-state index is 13.5. The Morgan fingerprint density at radius 1 is 1.00 bits per heavy atom. The third kappa shape index (κ3) is 2.82. The van der Waals surface area contributed by atoms with Crippen LogP contribution in [-0.2, 0) is 0 Å². The van der Waals surface area contributed by atoms with Crippen LogP contribution >= 0.6 is 15.9 Å². The van der Waals surface area contributed by atoms with Crippen molar-refractivity contribution in [3.63, 3.8) is 0 Å². The van der Waals surface area contributed by atoms with Crippen LogP contribution in [0.2, 0.25) is 0 Å². The summed E-state index contributed by atoms with van der Waals surface area (Å²) in [5.74, 6) is -5.94. The summed E-state index contributed by atoms with van der Waals surface area (Å²) in [6, 6.07) is 4.86. The van der Waals surface area contributed by atoms with Gasteiger partial charge in [-0.3, -0.25) is 4.79 Å². The van der Waals surface area contributed by atoms with Gasteiger partial charge in [0.05, 0.1) is 5.69 Å². The van der Waals surface area contributed by atoms with Crippen LogP contribution in [0.5, 0.6) is 0 Å². The van der Waals surface area contributed by atoms with Gasteiger partial charge in [-0.15, -0.1) is 0 Å². The zero-order valence-electron chi connectivity index (χ0n) is 9.68. The van der Waals surface area contributed by atoms with E-state index in [1.165, 1.54) is 0 Å². The number of rotatable bonds is 2. The van der Waals surface area contributed by atoms with Gasteiger partial charge in [0.1, 0.15) is 17.2 Å². The van der Waals surface area contributed by atoms with Gasteiger partial charge in [0, 0.05) is 4.47 Å². The average molecular weight is 348 g/mol. The summed E-state index contributed by atoms with van der Waals surface area (Å²) in [7, 11) is 0. The van der Waals surface area contributed by atoms with E-state index in [4.69, 9.17) is 0 Å². The fourth-order valence-corrected chi connectivity index (χ4v) is 1.95. The number of carbonyl (C=O) groups is 1. The zero-order chi connectivity index (χ0) is 14.9. The molecule has 0 fully saturated rings. The number of amides is 1. The SMILES string of the molecule is O=C(Nc1cccc(F)c1F)c1c(F)cc(Br)cc1F. The van der Waals surface area contributed by atoms with E-state index >= 15 is 0 Å². The molecule has 104 valence electrons. The molecule has 0 radical (unpaired) electrons. The topological polar surface area (TPSA) is 29.1 Å². The first-order valence-corrected chi connectivity index (χ1v) is 6.09. The Kier molecular flexibility index (Phi) is 4.08. The van der Waals surface area contributed by atoms with Gasteiger partial charge in [-0.05, 0) is 24.3 Å². The Hall–Kier alpha value is -1.89. The van der Waals surface area contributed by atoms with Crippen molar-refractivity contribution in [1.82, 2.24) is 0 Å². The fourth-order valence-electron chi connectivity index (χ4n) is 1.54. The van der Waals surface area contributed by atoms with Crippen LogP contribution in [0.1, 0.15) is 10.4 Å². The van der Waals surface area contributed by atoms with Crippen LogP contribution in [0, 0.1) is 23.3 Å². The van der Waals surface area contributed by atoms with Gasteiger partial charge in [0.15, 0.2) is 11.6 Å². The molecular formula is C13H6BrF4NO. The first kappa shape index (κ1) is 14.5. The largest absolute Gasteiger partial charge is 0.319 e. The number of hydrogen-bond acceptors (Lipinski definition) is 1. The Bertz CT molecular complexity index is 667. The Morgan fingerprint density at radius 3 is 2.20 bits per heavy atom. The summed E-state index contributed by atoms with van der Waals surface area (Å²) in [5.41, 5.74) is -1.38. The highest BCUT2D eigenvalue weighted by atomic mass is 79.9. The number of halogens is 5. The van der Waals surface area contributed by atoms with Crippen molar-refractivity contribution in [2.75, 3.05) is 5.32 Å². The molecule has 2 nitrogen and oxygen atoms in total. The number of carbonyl (C=O) groups excluding carboxylic acids is 1. The lowest BCUT2D eigenvalue weighted by molar-refractivity contribution is 0.101. The van der Waals surface area contributed by atoms with E-state index in [-0.39, 0.29) is 4.47 Å². The van der Waals surface area contributed by atoms with Crippen molar-refractivity contribution < 1.29 is 22.4 Å². The molecule has 0 aliphatic rings. The van der Waals surface area contributed by atoms with Crippen molar-refractivity contribution in [3.05, 3.63) is 63.6 Å². The predicted molar refractivity (Wildman–Crippen MR) is 68.4 cm³/mol. The van der Waals surface area contributed by atoms with Gasteiger partial charge in [-0.2, -0.15) is 0 Å². The molecule has 0 aliphatic carbocycles. The van der Waals surface area contributed by atoms with Crippen molar-refractivity contribution in [3.8, 4) is 0 Å². The van der Waals surface area contributed by atoms with Gasteiger partial charge < -0.3 is 5.32 Å².